The Morgan fingerprint density at radius 2 is 1.32 bits per heavy atom. The molecule has 1 aliphatic heterocycles. The van der Waals surface area contributed by atoms with Gasteiger partial charge in [-0.2, -0.15) is 43.2 Å². The Labute approximate surface area is 229 Å². The largest absolute Gasteiger partial charge is 0.523 e. The first-order chi connectivity index (χ1) is 18.4. The summed E-state index contributed by atoms with van der Waals surface area (Å²) in [5.74, 6) is 0.498. The quantitative estimate of drug-likeness (QED) is 0.208. The molecule has 0 unspecified atom stereocenters. The maximum absolute atomic E-state index is 13.3. The second-order valence-corrected chi connectivity index (χ2v) is 12.5. The lowest BCUT2D eigenvalue weighted by Crippen LogP contribution is -2.60. The monoisotopic (exact) mass is 640 g/mol. The second kappa shape index (κ2) is 12.3. The van der Waals surface area contributed by atoms with Crippen LogP contribution in [0.5, 0.6) is 11.5 Å². The van der Waals surface area contributed by atoms with Crippen LogP contribution in [0.4, 0.5) is 26.3 Å². The van der Waals surface area contributed by atoms with Crippen LogP contribution >= 0.6 is 11.8 Å². The highest BCUT2D eigenvalue weighted by atomic mass is 32.2. The van der Waals surface area contributed by atoms with Crippen LogP contribution in [0.25, 0.3) is 0 Å². The Bertz CT molecular complexity index is 1330. The summed E-state index contributed by atoms with van der Waals surface area (Å²) in [5.41, 5.74) is -11.5. The normalized spacial score (nSPS) is 24.4. The number of thioether (sulfide) groups is 1. The van der Waals surface area contributed by atoms with Crippen molar-refractivity contribution in [3.8, 4) is 11.5 Å². The van der Waals surface area contributed by atoms with Crippen LogP contribution in [0.15, 0.2) is 54.6 Å². The molecule has 0 saturated carbocycles. The molecule has 0 spiro atoms. The van der Waals surface area contributed by atoms with E-state index in [1.54, 1.807) is 30.3 Å². The number of rotatable bonds is 10. The van der Waals surface area contributed by atoms with Gasteiger partial charge in [-0.15, -0.1) is 11.8 Å². The lowest BCUT2D eigenvalue weighted by molar-refractivity contribution is -0.203. The minimum atomic E-state index is -6.46. The molecule has 1 heterocycles. The van der Waals surface area contributed by atoms with Crippen molar-refractivity contribution in [2.24, 2.45) is 0 Å². The van der Waals surface area contributed by atoms with Crippen molar-refractivity contribution in [3.05, 3.63) is 60.2 Å². The van der Waals surface area contributed by atoms with E-state index in [-0.39, 0.29) is 11.5 Å². The minimum Gasteiger partial charge on any atom is -0.497 e. The first-order valence-electron chi connectivity index (χ1n) is 11.1. The molecule has 1 saturated heterocycles. The summed E-state index contributed by atoms with van der Waals surface area (Å²) in [7, 11) is -11.5. The van der Waals surface area contributed by atoms with Crippen molar-refractivity contribution < 1.29 is 65.8 Å². The molecule has 1 fully saturated rings. The van der Waals surface area contributed by atoms with E-state index >= 15 is 0 Å². The van der Waals surface area contributed by atoms with Gasteiger partial charge in [-0.3, -0.25) is 8.37 Å². The van der Waals surface area contributed by atoms with Crippen molar-refractivity contribution in [2.75, 3.05) is 7.11 Å². The van der Waals surface area contributed by atoms with E-state index in [1.165, 1.54) is 31.4 Å². The zero-order valence-electron chi connectivity index (χ0n) is 20.5. The zero-order chi connectivity index (χ0) is 29.9. The van der Waals surface area contributed by atoms with Gasteiger partial charge in [0.25, 0.3) is 0 Å². The molecule has 40 heavy (non-hydrogen) atoms. The number of para-hydroxylation sites is 1. The number of halogens is 6. The van der Waals surface area contributed by atoms with Gasteiger partial charge >= 0.3 is 31.3 Å². The molecule has 0 aliphatic carbocycles. The van der Waals surface area contributed by atoms with E-state index in [4.69, 9.17) is 14.2 Å². The average Bonchev–Trinajstić information content (AvgIpc) is 2.85. The summed E-state index contributed by atoms with van der Waals surface area (Å²) in [6.45, 7) is 0.971. The summed E-state index contributed by atoms with van der Waals surface area (Å²) in [6.07, 6.45) is -8.32. The molecule has 0 radical (unpaired) electrons. The predicted molar refractivity (Wildman–Crippen MR) is 129 cm³/mol. The fourth-order valence-electron chi connectivity index (χ4n) is 3.44. The molecule has 18 heteroatoms. The minimum absolute atomic E-state index is 0.0777. The number of hydrogen-bond donors (Lipinski definition) is 0. The molecule has 5 atom stereocenters. The van der Waals surface area contributed by atoms with Gasteiger partial charge in [0.05, 0.1) is 18.5 Å². The third-order valence-corrected chi connectivity index (χ3v) is 8.83. The molecular formula is C22H22F6O9S3. The van der Waals surface area contributed by atoms with Crippen molar-refractivity contribution in [1.82, 2.24) is 0 Å². The molecule has 224 valence electrons. The average molecular weight is 641 g/mol. The van der Waals surface area contributed by atoms with Gasteiger partial charge in [-0.05, 0) is 36.8 Å². The Morgan fingerprint density at radius 1 is 0.800 bits per heavy atom. The van der Waals surface area contributed by atoms with Gasteiger partial charge < -0.3 is 14.2 Å². The summed E-state index contributed by atoms with van der Waals surface area (Å²) < 4.78 is 152. The maximum Gasteiger partial charge on any atom is 0.523 e. The first kappa shape index (κ1) is 32.3. The van der Waals surface area contributed by atoms with Crippen LogP contribution < -0.4 is 9.47 Å². The van der Waals surface area contributed by atoms with Gasteiger partial charge in [0, 0.05) is 5.75 Å². The molecule has 0 bridgehead atoms. The third kappa shape index (κ3) is 7.73. The highest BCUT2D eigenvalue weighted by Gasteiger charge is 2.58. The molecule has 2 aromatic carbocycles. The van der Waals surface area contributed by atoms with Crippen molar-refractivity contribution in [2.45, 2.75) is 53.5 Å². The number of alkyl halides is 6. The smallest absolute Gasteiger partial charge is 0.497 e. The zero-order valence-corrected chi connectivity index (χ0v) is 22.9. The molecule has 0 amide bonds. The lowest BCUT2D eigenvalue weighted by Gasteiger charge is -2.43. The summed E-state index contributed by atoms with van der Waals surface area (Å²) in [4.78, 5) is 0. The summed E-state index contributed by atoms with van der Waals surface area (Å²) in [6, 6.07) is 13.8. The highest BCUT2D eigenvalue weighted by molar-refractivity contribution is 7.99. The molecule has 3 rings (SSSR count). The van der Waals surface area contributed by atoms with Gasteiger partial charge in [-0.1, -0.05) is 30.3 Å². The van der Waals surface area contributed by atoms with E-state index in [1.807, 2.05) is 0 Å². The molecule has 2 aromatic rings. The van der Waals surface area contributed by atoms with Crippen LogP contribution in [0.1, 0.15) is 12.5 Å². The SMILES string of the molecule is COc1ccc(CS[C@@H]2[C@@H](Oc3ccccc3)O[C@H](C)[C@H](OS(=O)(=O)C(F)(F)F)[C@@H]2OS(=O)(=O)C(F)(F)F)cc1. The van der Waals surface area contributed by atoms with Crippen LogP contribution in [-0.2, 0) is 39.1 Å². The Morgan fingerprint density at radius 3 is 1.82 bits per heavy atom. The fourth-order valence-corrected chi connectivity index (χ4v) is 6.06. The fraction of sp³-hybridized carbons (Fsp3) is 0.455. The van der Waals surface area contributed by atoms with E-state index in [0.29, 0.717) is 23.1 Å². The molecule has 0 aromatic heterocycles. The molecule has 9 nitrogen and oxygen atoms in total. The topological polar surface area (TPSA) is 114 Å². The van der Waals surface area contributed by atoms with Crippen LogP contribution in [-0.4, -0.2) is 64.8 Å². The number of hydrogen-bond acceptors (Lipinski definition) is 10. The van der Waals surface area contributed by atoms with E-state index in [0.717, 1.165) is 6.92 Å². The number of methoxy groups -OCH3 is 1. The Kier molecular flexibility index (Phi) is 9.94. The summed E-state index contributed by atoms with van der Waals surface area (Å²) >= 11 is 0.686. The van der Waals surface area contributed by atoms with Crippen LogP contribution in [0, 0.1) is 0 Å². The van der Waals surface area contributed by atoms with Crippen LogP contribution in [0.3, 0.4) is 0 Å². The number of benzene rings is 2. The van der Waals surface area contributed by atoms with Gasteiger partial charge in [0.15, 0.2) is 0 Å². The molecule has 0 N–H and O–H groups in total. The van der Waals surface area contributed by atoms with Crippen molar-refractivity contribution >= 4 is 32.0 Å². The third-order valence-electron chi connectivity index (χ3n) is 5.37. The predicted octanol–water partition coefficient (Wildman–Crippen LogP) is 4.59. The number of ether oxygens (including phenoxy) is 3. The molecule has 1 aliphatic rings. The molecular weight excluding hydrogens is 618 g/mol. The van der Waals surface area contributed by atoms with Gasteiger partial charge in [0.1, 0.15) is 23.7 Å². The van der Waals surface area contributed by atoms with Crippen LogP contribution in [0.2, 0.25) is 0 Å². The van der Waals surface area contributed by atoms with E-state index in [2.05, 4.69) is 8.37 Å². The van der Waals surface area contributed by atoms with Crippen molar-refractivity contribution in [3.63, 3.8) is 0 Å². The van der Waals surface area contributed by atoms with Crippen molar-refractivity contribution in [1.29, 1.82) is 0 Å². The highest BCUT2D eigenvalue weighted by Crippen LogP contribution is 2.40. The van der Waals surface area contributed by atoms with Gasteiger partial charge in [0.2, 0.25) is 6.29 Å². The van der Waals surface area contributed by atoms with E-state index < -0.39 is 61.1 Å². The standard InChI is InChI=1S/C22H22F6O9S3/c1-13-17(36-39(29,30)21(23,24)25)18(37-40(31,32)22(26,27)28)19(20(34-13)35-16-6-4-3-5-7-16)38-12-14-8-10-15(33-2)11-9-14/h3-11,13,17-20H,12H2,1-2H3/t13-,17+,18+,19+,20-/m1/s1. The Balaban J connectivity index is 2.06. The lowest BCUT2D eigenvalue weighted by atomic mass is 10.0. The Hall–Kier alpha value is -2.25. The second-order valence-electron chi connectivity index (χ2n) is 8.19. The van der Waals surface area contributed by atoms with Gasteiger partial charge in [-0.25, -0.2) is 0 Å². The first-order valence-corrected chi connectivity index (χ1v) is 14.9. The maximum atomic E-state index is 13.3. The van der Waals surface area contributed by atoms with E-state index in [9.17, 15) is 43.2 Å². The summed E-state index contributed by atoms with van der Waals surface area (Å²) in [5, 5.41) is -1.66.